The quantitative estimate of drug-likeness (QED) is 0.540. The minimum atomic E-state index is 0.297. The highest BCUT2D eigenvalue weighted by atomic mass is 16.1. The molecule has 2 rings (SSSR count). The zero-order valence-corrected chi connectivity index (χ0v) is 8.48. The molecule has 4 unspecified atom stereocenters. The topological polar surface area (TPSA) is 17.1 Å². The van der Waals surface area contributed by atoms with E-state index in [1.54, 1.807) is 0 Å². The Labute approximate surface area is 74.5 Å². The first-order valence-corrected chi connectivity index (χ1v) is 4.94. The Bertz CT molecular complexity index is 245. The fraction of sp³-hybridized carbons (Fsp3) is 0.909. The van der Waals surface area contributed by atoms with Gasteiger partial charge in [0.2, 0.25) is 0 Å². The molecule has 2 fully saturated rings. The molecular formula is C11H18O. The second kappa shape index (κ2) is 1.94. The number of carbonyl (C=O) groups is 1. The Morgan fingerprint density at radius 3 is 2.25 bits per heavy atom. The Kier molecular flexibility index (Phi) is 1.34. The zero-order chi connectivity index (χ0) is 9.15. The minimum Gasteiger partial charge on any atom is -0.299 e. The molecule has 2 saturated carbocycles. The summed E-state index contributed by atoms with van der Waals surface area (Å²) >= 11 is 0. The summed E-state index contributed by atoms with van der Waals surface area (Å²) in [7, 11) is 0. The fourth-order valence-electron chi connectivity index (χ4n) is 3.66. The molecule has 0 amide bonds. The second-order valence-corrected chi connectivity index (χ2v) is 5.31. The van der Waals surface area contributed by atoms with E-state index in [0.717, 1.165) is 12.3 Å². The molecule has 0 N–H and O–H groups in total. The van der Waals surface area contributed by atoms with Gasteiger partial charge in [0.25, 0.3) is 0 Å². The Morgan fingerprint density at radius 1 is 1.33 bits per heavy atom. The standard InChI is InChI=1S/C11H18O/c1-7-5-10(3)6-9(12)8(2)11(7,10)4/h7-8H,5-6H2,1-4H3. The fourth-order valence-corrected chi connectivity index (χ4v) is 3.66. The molecule has 0 radical (unpaired) electrons. The summed E-state index contributed by atoms with van der Waals surface area (Å²) < 4.78 is 0. The lowest BCUT2D eigenvalue weighted by molar-refractivity contribution is -0.125. The summed E-state index contributed by atoms with van der Waals surface area (Å²) in [6, 6.07) is 0. The average Bonchev–Trinajstić information content (AvgIpc) is 2.11. The van der Waals surface area contributed by atoms with Crippen molar-refractivity contribution in [2.75, 3.05) is 0 Å². The number of ketones is 1. The van der Waals surface area contributed by atoms with Crippen molar-refractivity contribution in [3.05, 3.63) is 0 Å². The van der Waals surface area contributed by atoms with Gasteiger partial charge in [0.1, 0.15) is 5.78 Å². The number of rotatable bonds is 0. The van der Waals surface area contributed by atoms with Crippen LogP contribution in [0.5, 0.6) is 0 Å². The van der Waals surface area contributed by atoms with Crippen LogP contribution in [0.25, 0.3) is 0 Å². The van der Waals surface area contributed by atoms with Crippen molar-refractivity contribution in [2.24, 2.45) is 22.7 Å². The van der Waals surface area contributed by atoms with Crippen LogP contribution in [-0.2, 0) is 4.79 Å². The van der Waals surface area contributed by atoms with Crippen LogP contribution in [0.4, 0.5) is 0 Å². The molecule has 0 heterocycles. The van der Waals surface area contributed by atoms with Crippen molar-refractivity contribution < 1.29 is 4.79 Å². The third-order valence-electron chi connectivity index (χ3n) is 5.03. The van der Waals surface area contributed by atoms with Crippen molar-refractivity contribution in [3.63, 3.8) is 0 Å². The van der Waals surface area contributed by atoms with E-state index in [4.69, 9.17) is 0 Å². The Morgan fingerprint density at radius 2 is 1.92 bits per heavy atom. The van der Waals surface area contributed by atoms with E-state index in [2.05, 4.69) is 27.7 Å². The van der Waals surface area contributed by atoms with Crippen molar-refractivity contribution in [3.8, 4) is 0 Å². The van der Waals surface area contributed by atoms with Crippen LogP contribution in [0.2, 0.25) is 0 Å². The number of Topliss-reactive ketones (excluding diaryl/α,β-unsaturated/α-hetero) is 1. The molecule has 0 aliphatic heterocycles. The van der Waals surface area contributed by atoms with Crippen molar-refractivity contribution in [1.29, 1.82) is 0 Å². The lowest BCUT2D eigenvalue weighted by Crippen LogP contribution is -2.52. The van der Waals surface area contributed by atoms with Crippen LogP contribution < -0.4 is 0 Å². The third kappa shape index (κ3) is 0.605. The molecule has 0 aromatic carbocycles. The van der Waals surface area contributed by atoms with Gasteiger partial charge < -0.3 is 0 Å². The monoisotopic (exact) mass is 166 g/mol. The maximum absolute atomic E-state index is 11.6. The van der Waals surface area contributed by atoms with Gasteiger partial charge in [-0.15, -0.1) is 0 Å². The van der Waals surface area contributed by atoms with E-state index in [9.17, 15) is 4.79 Å². The summed E-state index contributed by atoms with van der Waals surface area (Å²) in [6.45, 7) is 8.99. The summed E-state index contributed by atoms with van der Waals surface area (Å²) in [5.41, 5.74) is 0.646. The molecule has 1 heteroatoms. The Balaban J connectivity index is 2.40. The van der Waals surface area contributed by atoms with E-state index >= 15 is 0 Å². The third-order valence-corrected chi connectivity index (χ3v) is 5.03. The normalized spacial score (nSPS) is 58.2. The molecule has 12 heavy (non-hydrogen) atoms. The van der Waals surface area contributed by atoms with Gasteiger partial charge in [0, 0.05) is 12.3 Å². The molecule has 0 bridgehead atoms. The molecule has 0 saturated heterocycles. The van der Waals surface area contributed by atoms with Crippen LogP contribution in [-0.4, -0.2) is 5.78 Å². The SMILES string of the molecule is CC1CC2(C)CC(=O)C(C)C12C. The number of carbonyl (C=O) groups excluding carboxylic acids is 1. The van der Waals surface area contributed by atoms with Gasteiger partial charge in [-0.1, -0.05) is 27.7 Å². The van der Waals surface area contributed by atoms with Gasteiger partial charge in [0.05, 0.1) is 0 Å². The first-order chi connectivity index (χ1) is 5.42. The molecule has 68 valence electrons. The van der Waals surface area contributed by atoms with Crippen molar-refractivity contribution in [2.45, 2.75) is 40.5 Å². The van der Waals surface area contributed by atoms with E-state index in [1.807, 2.05) is 0 Å². The highest BCUT2D eigenvalue weighted by molar-refractivity contribution is 5.85. The highest BCUT2D eigenvalue weighted by Crippen LogP contribution is 2.70. The zero-order valence-electron chi connectivity index (χ0n) is 8.48. The first kappa shape index (κ1) is 8.28. The number of hydrogen-bond donors (Lipinski definition) is 0. The maximum atomic E-state index is 11.6. The van der Waals surface area contributed by atoms with Gasteiger partial charge in [0.15, 0.2) is 0 Å². The van der Waals surface area contributed by atoms with E-state index < -0.39 is 0 Å². The van der Waals surface area contributed by atoms with Crippen LogP contribution in [0.1, 0.15) is 40.5 Å². The predicted molar refractivity (Wildman–Crippen MR) is 48.8 cm³/mol. The van der Waals surface area contributed by atoms with E-state index in [1.165, 1.54) is 6.42 Å². The van der Waals surface area contributed by atoms with Gasteiger partial charge in [-0.3, -0.25) is 4.79 Å². The van der Waals surface area contributed by atoms with Gasteiger partial charge in [-0.05, 0) is 23.2 Å². The van der Waals surface area contributed by atoms with Crippen molar-refractivity contribution in [1.82, 2.24) is 0 Å². The van der Waals surface area contributed by atoms with Crippen LogP contribution in [0.15, 0.2) is 0 Å². The molecule has 4 atom stereocenters. The molecule has 0 aromatic rings. The molecule has 0 spiro atoms. The van der Waals surface area contributed by atoms with E-state index in [-0.39, 0.29) is 0 Å². The van der Waals surface area contributed by atoms with Gasteiger partial charge in [-0.25, -0.2) is 0 Å². The smallest absolute Gasteiger partial charge is 0.136 e. The van der Waals surface area contributed by atoms with Crippen LogP contribution >= 0.6 is 0 Å². The van der Waals surface area contributed by atoms with Crippen molar-refractivity contribution >= 4 is 5.78 Å². The summed E-state index contributed by atoms with van der Waals surface area (Å²) in [6.07, 6.45) is 2.08. The first-order valence-electron chi connectivity index (χ1n) is 4.94. The summed E-state index contributed by atoms with van der Waals surface area (Å²) in [5, 5.41) is 0. The van der Waals surface area contributed by atoms with Gasteiger partial charge in [-0.2, -0.15) is 0 Å². The maximum Gasteiger partial charge on any atom is 0.136 e. The molecule has 2 aliphatic carbocycles. The molecule has 2 aliphatic rings. The molecule has 1 nitrogen and oxygen atoms in total. The van der Waals surface area contributed by atoms with Gasteiger partial charge >= 0.3 is 0 Å². The highest BCUT2D eigenvalue weighted by Gasteiger charge is 2.66. The van der Waals surface area contributed by atoms with Crippen LogP contribution in [0, 0.1) is 22.7 Å². The lowest BCUT2D eigenvalue weighted by Gasteiger charge is -2.58. The lowest BCUT2D eigenvalue weighted by atomic mass is 9.45. The largest absolute Gasteiger partial charge is 0.299 e. The summed E-state index contributed by atoms with van der Waals surface area (Å²) in [5.74, 6) is 1.53. The average molecular weight is 166 g/mol. The Hall–Kier alpha value is -0.330. The molecule has 0 aromatic heterocycles. The minimum absolute atomic E-state index is 0.297. The van der Waals surface area contributed by atoms with Crippen LogP contribution in [0.3, 0.4) is 0 Å². The second-order valence-electron chi connectivity index (χ2n) is 5.31. The number of hydrogen-bond acceptors (Lipinski definition) is 1. The number of fused-ring (bicyclic) bond motifs is 1. The predicted octanol–water partition coefficient (Wildman–Crippen LogP) is 2.65. The molecular weight excluding hydrogens is 148 g/mol. The van der Waals surface area contributed by atoms with E-state index in [0.29, 0.717) is 22.5 Å². The summed E-state index contributed by atoms with van der Waals surface area (Å²) in [4.78, 5) is 11.6.